The average molecular weight is 314 g/mol. The molecule has 1 aromatic heterocycles. The summed E-state index contributed by atoms with van der Waals surface area (Å²) in [6, 6.07) is 14.8. The molecular formula is C17H9F3N2O. The van der Waals surface area contributed by atoms with E-state index in [-0.39, 0.29) is 11.4 Å². The number of rotatable bonds is 2. The van der Waals surface area contributed by atoms with Crippen LogP contribution in [-0.4, -0.2) is 4.98 Å². The van der Waals surface area contributed by atoms with Crippen molar-refractivity contribution in [2.45, 2.75) is 6.18 Å². The predicted octanol–water partition coefficient (Wildman–Crippen LogP) is 4.92. The summed E-state index contributed by atoms with van der Waals surface area (Å²) < 4.78 is 43.3. The van der Waals surface area contributed by atoms with Gasteiger partial charge in [0, 0.05) is 5.39 Å². The molecule has 114 valence electrons. The first-order valence-corrected chi connectivity index (χ1v) is 6.62. The van der Waals surface area contributed by atoms with E-state index in [4.69, 9.17) is 10.00 Å². The quantitative estimate of drug-likeness (QED) is 0.674. The molecule has 0 aliphatic carbocycles. The number of nitriles is 1. The summed E-state index contributed by atoms with van der Waals surface area (Å²) in [5.74, 6) is 0.745. The Morgan fingerprint density at radius 1 is 0.957 bits per heavy atom. The predicted molar refractivity (Wildman–Crippen MR) is 78.0 cm³/mol. The van der Waals surface area contributed by atoms with Gasteiger partial charge in [0.1, 0.15) is 23.3 Å². The van der Waals surface area contributed by atoms with E-state index in [9.17, 15) is 13.2 Å². The number of fused-ring (bicyclic) bond motifs is 1. The van der Waals surface area contributed by atoms with Crippen molar-refractivity contribution in [2.24, 2.45) is 0 Å². The number of alkyl halides is 3. The maximum Gasteiger partial charge on any atom is 0.416 e. The molecule has 23 heavy (non-hydrogen) atoms. The number of ether oxygens (including phenoxy) is 1. The Kier molecular flexibility index (Phi) is 3.62. The standard InChI is InChI=1S/C17H9F3N2O/c18-17(19,20)11-4-7-13(8-5-11)23-16-3-1-2-15-14(16)9-6-12(10-21)22-15/h1-9H. The van der Waals surface area contributed by atoms with Crippen molar-refractivity contribution in [2.75, 3.05) is 0 Å². The largest absolute Gasteiger partial charge is 0.457 e. The molecular weight excluding hydrogens is 305 g/mol. The van der Waals surface area contributed by atoms with Crippen molar-refractivity contribution in [3.8, 4) is 17.6 Å². The Balaban J connectivity index is 1.94. The summed E-state index contributed by atoms with van der Waals surface area (Å²) in [5.41, 5.74) is 0.126. The van der Waals surface area contributed by atoms with Crippen LogP contribution in [0.15, 0.2) is 54.6 Å². The number of nitrogens with zero attached hydrogens (tertiary/aromatic N) is 2. The van der Waals surface area contributed by atoms with E-state index in [1.165, 1.54) is 12.1 Å². The van der Waals surface area contributed by atoms with Gasteiger partial charge >= 0.3 is 6.18 Å². The topological polar surface area (TPSA) is 45.9 Å². The third-order valence-corrected chi connectivity index (χ3v) is 3.22. The number of pyridine rings is 1. The smallest absolute Gasteiger partial charge is 0.416 e. The van der Waals surface area contributed by atoms with Crippen LogP contribution in [0, 0.1) is 11.3 Å². The number of aromatic nitrogens is 1. The fraction of sp³-hybridized carbons (Fsp3) is 0.0588. The summed E-state index contributed by atoms with van der Waals surface area (Å²) >= 11 is 0. The van der Waals surface area contributed by atoms with Crippen LogP contribution < -0.4 is 4.74 Å². The molecule has 0 N–H and O–H groups in total. The van der Waals surface area contributed by atoms with E-state index in [0.717, 1.165) is 12.1 Å². The van der Waals surface area contributed by atoms with Gasteiger partial charge in [-0.25, -0.2) is 4.98 Å². The van der Waals surface area contributed by atoms with Gasteiger partial charge in [-0.3, -0.25) is 0 Å². The van der Waals surface area contributed by atoms with Crippen LogP contribution in [0.1, 0.15) is 11.3 Å². The molecule has 0 fully saturated rings. The van der Waals surface area contributed by atoms with Crippen LogP contribution in [0.4, 0.5) is 13.2 Å². The number of benzene rings is 2. The minimum atomic E-state index is -4.38. The first kappa shape index (κ1) is 14.9. The molecule has 3 rings (SSSR count). The van der Waals surface area contributed by atoms with Gasteiger partial charge in [0.25, 0.3) is 0 Å². The zero-order chi connectivity index (χ0) is 16.4. The van der Waals surface area contributed by atoms with E-state index in [1.807, 2.05) is 6.07 Å². The van der Waals surface area contributed by atoms with Crippen molar-refractivity contribution in [1.82, 2.24) is 4.98 Å². The summed E-state index contributed by atoms with van der Waals surface area (Å²) in [6.45, 7) is 0. The molecule has 0 aliphatic heterocycles. The van der Waals surface area contributed by atoms with Gasteiger partial charge in [0.15, 0.2) is 0 Å². The lowest BCUT2D eigenvalue weighted by Crippen LogP contribution is -2.04. The molecule has 3 nitrogen and oxygen atoms in total. The lowest BCUT2D eigenvalue weighted by Gasteiger charge is -2.10. The Labute approximate surface area is 129 Å². The van der Waals surface area contributed by atoms with E-state index >= 15 is 0 Å². The Morgan fingerprint density at radius 3 is 2.35 bits per heavy atom. The highest BCUT2D eigenvalue weighted by Crippen LogP contribution is 2.33. The zero-order valence-corrected chi connectivity index (χ0v) is 11.6. The van der Waals surface area contributed by atoms with Crippen molar-refractivity contribution < 1.29 is 17.9 Å². The normalized spacial score (nSPS) is 11.2. The summed E-state index contributed by atoms with van der Waals surface area (Å²) in [4.78, 5) is 4.15. The third-order valence-electron chi connectivity index (χ3n) is 3.22. The van der Waals surface area contributed by atoms with E-state index in [2.05, 4.69) is 4.98 Å². The number of hydrogen-bond acceptors (Lipinski definition) is 3. The highest BCUT2D eigenvalue weighted by atomic mass is 19.4. The summed E-state index contributed by atoms with van der Waals surface area (Å²) in [7, 11) is 0. The van der Waals surface area contributed by atoms with Gasteiger partial charge < -0.3 is 4.74 Å². The van der Waals surface area contributed by atoms with Crippen LogP contribution in [0.2, 0.25) is 0 Å². The second kappa shape index (κ2) is 5.61. The number of hydrogen-bond donors (Lipinski definition) is 0. The number of halogens is 3. The highest BCUT2D eigenvalue weighted by Gasteiger charge is 2.30. The van der Waals surface area contributed by atoms with Gasteiger partial charge in [-0.2, -0.15) is 18.4 Å². The van der Waals surface area contributed by atoms with Crippen molar-refractivity contribution in [3.63, 3.8) is 0 Å². The molecule has 0 spiro atoms. The van der Waals surface area contributed by atoms with E-state index < -0.39 is 11.7 Å². The molecule has 6 heteroatoms. The first-order chi connectivity index (χ1) is 11.0. The lowest BCUT2D eigenvalue weighted by atomic mass is 10.2. The van der Waals surface area contributed by atoms with Gasteiger partial charge in [-0.1, -0.05) is 6.07 Å². The van der Waals surface area contributed by atoms with Crippen LogP contribution in [0.5, 0.6) is 11.5 Å². The second-order valence-electron chi connectivity index (χ2n) is 4.76. The zero-order valence-electron chi connectivity index (χ0n) is 11.6. The first-order valence-electron chi connectivity index (χ1n) is 6.62. The van der Waals surface area contributed by atoms with E-state index in [1.54, 1.807) is 30.3 Å². The molecule has 3 aromatic rings. The molecule has 0 radical (unpaired) electrons. The average Bonchev–Trinajstić information content (AvgIpc) is 2.54. The molecule has 2 aromatic carbocycles. The minimum Gasteiger partial charge on any atom is -0.457 e. The molecule has 0 amide bonds. The highest BCUT2D eigenvalue weighted by molar-refractivity contribution is 5.85. The minimum absolute atomic E-state index is 0.282. The van der Waals surface area contributed by atoms with Crippen molar-refractivity contribution >= 4 is 10.9 Å². The van der Waals surface area contributed by atoms with Crippen LogP contribution in [-0.2, 0) is 6.18 Å². The van der Waals surface area contributed by atoms with Crippen molar-refractivity contribution in [1.29, 1.82) is 5.26 Å². The Morgan fingerprint density at radius 2 is 1.70 bits per heavy atom. The molecule has 0 atom stereocenters. The fourth-order valence-electron chi connectivity index (χ4n) is 2.12. The Hall–Kier alpha value is -3.07. The SMILES string of the molecule is N#Cc1ccc2c(Oc3ccc(C(F)(F)F)cc3)cccc2n1. The second-order valence-corrected chi connectivity index (χ2v) is 4.76. The van der Waals surface area contributed by atoms with Crippen LogP contribution in [0.3, 0.4) is 0 Å². The molecule has 0 saturated heterocycles. The summed E-state index contributed by atoms with van der Waals surface area (Å²) in [5, 5.41) is 9.53. The van der Waals surface area contributed by atoms with Crippen LogP contribution in [0.25, 0.3) is 10.9 Å². The molecule has 0 unspecified atom stereocenters. The van der Waals surface area contributed by atoms with Crippen LogP contribution >= 0.6 is 0 Å². The monoisotopic (exact) mass is 314 g/mol. The molecule has 0 saturated carbocycles. The Bertz CT molecular complexity index is 896. The lowest BCUT2D eigenvalue weighted by molar-refractivity contribution is -0.137. The fourth-order valence-corrected chi connectivity index (χ4v) is 2.12. The maximum atomic E-state index is 12.6. The summed E-state index contributed by atoms with van der Waals surface area (Å²) in [6.07, 6.45) is -4.38. The third kappa shape index (κ3) is 3.09. The molecule has 0 aliphatic rings. The van der Waals surface area contributed by atoms with Crippen molar-refractivity contribution in [3.05, 3.63) is 65.9 Å². The maximum absolute atomic E-state index is 12.6. The van der Waals surface area contributed by atoms with Gasteiger partial charge in [-0.15, -0.1) is 0 Å². The molecule has 0 bridgehead atoms. The van der Waals surface area contributed by atoms with Gasteiger partial charge in [0.2, 0.25) is 0 Å². The molecule has 1 heterocycles. The van der Waals surface area contributed by atoms with Gasteiger partial charge in [-0.05, 0) is 48.5 Å². The van der Waals surface area contributed by atoms with E-state index in [0.29, 0.717) is 16.7 Å². The van der Waals surface area contributed by atoms with Gasteiger partial charge in [0.05, 0.1) is 11.1 Å².